The maximum Gasteiger partial charge on any atom is 0.271 e. The molecule has 0 spiro atoms. The molecule has 3 fully saturated rings. The van der Waals surface area contributed by atoms with E-state index in [1.807, 2.05) is 19.1 Å². The van der Waals surface area contributed by atoms with E-state index < -0.39 is 0 Å². The van der Waals surface area contributed by atoms with E-state index in [1.54, 1.807) is 19.4 Å². The summed E-state index contributed by atoms with van der Waals surface area (Å²) in [6, 6.07) is 13.2. The molecule has 2 aromatic heterocycles. The zero-order valence-corrected chi connectivity index (χ0v) is 25.8. The molecule has 0 saturated carbocycles. The topological polar surface area (TPSA) is 116 Å². The zero-order chi connectivity index (χ0) is 30.8. The Bertz CT molecular complexity index is 1560. The van der Waals surface area contributed by atoms with Gasteiger partial charge in [-0.05, 0) is 61.6 Å². The van der Waals surface area contributed by atoms with Crippen molar-refractivity contribution >= 4 is 23.3 Å². The van der Waals surface area contributed by atoms with Gasteiger partial charge in [0.2, 0.25) is 11.8 Å². The summed E-state index contributed by atoms with van der Waals surface area (Å²) in [5.41, 5.74) is 5.03. The van der Waals surface area contributed by atoms with Gasteiger partial charge in [0.05, 0.1) is 17.8 Å². The summed E-state index contributed by atoms with van der Waals surface area (Å²) in [6.45, 7) is 8.30. The van der Waals surface area contributed by atoms with E-state index in [1.165, 1.54) is 15.8 Å². The molecule has 1 aromatic carbocycles. The van der Waals surface area contributed by atoms with E-state index in [0.29, 0.717) is 24.3 Å². The Kier molecular flexibility index (Phi) is 8.76. The van der Waals surface area contributed by atoms with Crippen LogP contribution in [0.15, 0.2) is 53.6 Å². The minimum atomic E-state index is -0.296. The molecule has 44 heavy (non-hydrogen) atoms. The lowest BCUT2D eigenvalue weighted by atomic mass is 9.87. The number of carbonyl (C=O) groups excluding carboxylic acids is 2. The molecule has 3 saturated heterocycles. The highest BCUT2D eigenvalue weighted by Crippen LogP contribution is 2.30. The molecule has 1 unspecified atom stereocenters. The lowest BCUT2D eigenvalue weighted by molar-refractivity contribution is -0.134. The number of aryl methyl sites for hydroxylation is 1. The summed E-state index contributed by atoms with van der Waals surface area (Å²) in [5, 5.41) is 10.2. The second kappa shape index (κ2) is 12.9. The fourth-order valence-corrected chi connectivity index (χ4v) is 6.81. The van der Waals surface area contributed by atoms with Gasteiger partial charge in [0.15, 0.2) is 0 Å². The lowest BCUT2D eigenvalue weighted by Crippen LogP contribution is -2.46. The first-order valence-electron chi connectivity index (χ1n) is 15.6. The van der Waals surface area contributed by atoms with Crippen LogP contribution in [0.25, 0.3) is 0 Å². The van der Waals surface area contributed by atoms with Crippen molar-refractivity contribution in [3.05, 3.63) is 81.4 Å². The van der Waals surface area contributed by atoms with Crippen LogP contribution in [0.3, 0.4) is 0 Å². The molecule has 11 nitrogen and oxygen atoms in total. The molecule has 3 aliphatic heterocycles. The normalized spacial score (nSPS) is 23.4. The number of hydrogen-bond donors (Lipinski definition) is 2. The maximum absolute atomic E-state index is 12.4. The van der Waals surface area contributed by atoms with Crippen LogP contribution in [0.2, 0.25) is 0 Å². The van der Waals surface area contributed by atoms with Gasteiger partial charge < -0.3 is 15.1 Å². The van der Waals surface area contributed by atoms with Crippen LogP contribution < -0.4 is 21.1 Å². The molecular formula is C33H42N8O3. The van der Waals surface area contributed by atoms with Crippen LogP contribution in [-0.4, -0.2) is 88.7 Å². The average molecular weight is 599 g/mol. The van der Waals surface area contributed by atoms with E-state index >= 15 is 0 Å². The van der Waals surface area contributed by atoms with E-state index in [2.05, 4.69) is 66.7 Å². The largest absolute Gasteiger partial charge is 0.379 e. The molecule has 0 radical (unpaired) electrons. The van der Waals surface area contributed by atoms with Crippen LogP contribution in [-0.2, 0) is 23.2 Å². The van der Waals surface area contributed by atoms with Gasteiger partial charge >= 0.3 is 0 Å². The van der Waals surface area contributed by atoms with Crippen LogP contribution in [0.1, 0.15) is 53.4 Å². The van der Waals surface area contributed by atoms with Gasteiger partial charge in [-0.2, -0.15) is 5.10 Å². The predicted molar refractivity (Wildman–Crippen MR) is 170 cm³/mol. The number of rotatable bonds is 7. The lowest BCUT2D eigenvalue weighted by Gasteiger charge is -2.37. The van der Waals surface area contributed by atoms with Crippen molar-refractivity contribution in [3.8, 4) is 0 Å². The third-order valence-corrected chi connectivity index (χ3v) is 9.34. The van der Waals surface area contributed by atoms with Gasteiger partial charge in [-0.15, -0.1) is 0 Å². The van der Waals surface area contributed by atoms with Crippen molar-refractivity contribution in [2.75, 3.05) is 56.5 Å². The summed E-state index contributed by atoms with van der Waals surface area (Å²) in [7, 11) is 3.84. The smallest absolute Gasteiger partial charge is 0.271 e. The third-order valence-electron chi connectivity index (χ3n) is 9.34. The van der Waals surface area contributed by atoms with Crippen LogP contribution in [0.4, 0.5) is 11.5 Å². The number of nitrogens with one attached hydrogen (secondary N) is 2. The fourth-order valence-electron chi connectivity index (χ4n) is 6.81. The fraction of sp³-hybridized carbons (Fsp3) is 0.485. The number of piperazine rings is 1. The number of pyridine rings is 1. The molecule has 2 N–H and O–H groups in total. The molecular weight excluding hydrogens is 556 g/mol. The molecule has 11 heteroatoms. The van der Waals surface area contributed by atoms with Gasteiger partial charge in [0, 0.05) is 77.1 Å². The van der Waals surface area contributed by atoms with Gasteiger partial charge in [-0.3, -0.25) is 24.6 Å². The van der Waals surface area contributed by atoms with E-state index in [0.717, 1.165) is 69.3 Å². The number of aromatic nitrogens is 3. The standard InChI is InChI=1S/C33H42N8O3/c1-22-29(18-35-39(3)33(22)44)36-27-16-26(20-38(2)21-27)24-6-4-23(5-7-24)19-40-12-14-41(15-13-40)30-17-25(10-11-34-30)28-8-9-31(42)37-32(28)43/h4-7,10-11,17-18,26-28,36H,8-9,12-16,19-21H2,1-3H3,(H,37,42,43)/t26-,27+,28?/m1/s1. The summed E-state index contributed by atoms with van der Waals surface area (Å²) in [5.74, 6) is 0.598. The second-order valence-corrected chi connectivity index (χ2v) is 12.6. The molecule has 3 atom stereocenters. The van der Waals surface area contributed by atoms with Crippen molar-refractivity contribution in [1.29, 1.82) is 0 Å². The second-order valence-electron chi connectivity index (χ2n) is 12.6. The Morgan fingerprint density at radius 1 is 0.977 bits per heavy atom. The van der Waals surface area contributed by atoms with Crippen LogP contribution in [0, 0.1) is 6.92 Å². The molecule has 0 bridgehead atoms. The number of carbonyl (C=O) groups is 2. The minimum Gasteiger partial charge on any atom is -0.379 e. The molecule has 2 amide bonds. The monoisotopic (exact) mass is 598 g/mol. The highest BCUT2D eigenvalue weighted by atomic mass is 16.2. The van der Waals surface area contributed by atoms with Crippen LogP contribution in [0.5, 0.6) is 0 Å². The first kappa shape index (κ1) is 30.0. The number of likely N-dealkylation sites (N-methyl/N-ethyl adjacent to an activating group) is 1. The first-order valence-corrected chi connectivity index (χ1v) is 15.6. The van der Waals surface area contributed by atoms with Crippen molar-refractivity contribution in [3.63, 3.8) is 0 Å². The molecule has 0 aliphatic carbocycles. The zero-order valence-electron chi connectivity index (χ0n) is 25.8. The number of hydrogen-bond acceptors (Lipinski definition) is 9. The van der Waals surface area contributed by atoms with Gasteiger partial charge in [-0.25, -0.2) is 9.67 Å². The van der Waals surface area contributed by atoms with Crippen molar-refractivity contribution < 1.29 is 9.59 Å². The number of likely N-dealkylation sites (tertiary alicyclic amines) is 1. The Labute approximate surface area is 258 Å². The quantitative estimate of drug-likeness (QED) is 0.395. The van der Waals surface area contributed by atoms with Crippen molar-refractivity contribution in [2.45, 2.75) is 50.6 Å². The van der Waals surface area contributed by atoms with Crippen molar-refractivity contribution in [1.82, 2.24) is 29.9 Å². The van der Waals surface area contributed by atoms with Gasteiger partial charge in [0.1, 0.15) is 5.82 Å². The average Bonchev–Trinajstić information content (AvgIpc) is 3.02. The molecule has 3 aliphatic rings. The molecule has 6 rings (SSSR count). The van der Waals surface area contributed by atoms with Crippen LogP contribution >= 0.6 is 0 Å². The maximum atomic E-state index is 12.4. The molecule has 232 valence electrons. The number of anilines is 2. The molecule has 3 aromatic rings. The molecule has 5 heterocycles. The third kappa shape index (κ3) is 6.68. The van der Waals surface area contributed by atoms with Crippen molar-refractivity contribution in [2.24, 2.45) is 7.05 Å². The van der Waals surface area contributed by atoms with Gasteiger partial charge in [0.25, 0.3) is 5.56 Å². The number of benzene rings is 1. The van der Waals surface area contributed by atoms with E-state index in [4.69, 9.17) is 0 Å². The highest BCUT2D eigenvalue weighted by molar-refractivity contribution is 6.01. The Morgan fingerprint density at radius 3 is 2.50 bits per heavy atom. The number of nitrogens with zero attached hydrogens (tertiary/aromatic N) is 6. The van der Waals surface area contributed by atoms with E-state index in [9.17, 15) is 14.4 Å². The SMILES string of the molecule is Cc1c(N[C@H]2C[C@@H](c3ccc(CN4CCN(c5cc(C6CCC(=O)NC6=O)ccn5)CC4)cc3)CN(C)C2)cnn(C)c1=O. The predicted octanol–water partition coefficient (Wildman–Crippen LogP) is 2.23. The Balaban J connectivity index is 1.02. The minimum absolute atomic E-state index is 0.0663. The summed E-state index contributed by atoms with van der Waals surface area (Å²) in [6.07, 6.45) is 5.44. The Morgan fingerprint density at radius 2 is 1.75 bits per heavy atom. The number of piperidine rings is 2. The number of imide groups is 1. The first-order chi connectivity index (χ1) is 21.2. The number of amides is 2. The van der Waals surface area contributed by atoms with E-state index in [-0.39, 0.29) is 29.3 Å². The summed E-state index contributed by atoms with van der Waals surface area (Å²) in [4.78, 5) is 48.0. The van der Waals surface area contributed by atoms with Gasteiger partial charge in [-0.1, -0.05) is 24.3 Å². The Hall–Kier alpha value is -4.09. The summed E-state index contributed by atoms with van der Waals surface area (Å²) < 4.78 is 1.37. The summed E-state index contributed by atoms with van der Waals surface area (Å²) >= 11 is 0. The highest BCUT2D eigenvalue weighted by Gasteiger charge is 2.29.